The van der Waals surface area contributed by atoms with Gasteiger partial charge >= 0.3 is 0 Å². The first-order valence-corrected chi connectivity index (χ1v) is 11.0. The molecule has 4 rings (SSSR count). The van der Waals surface area contributed by atoms with E-state index in [1.807, 2.05) is 78.9 Å². The second-order valence-electron chi connectivity index (χ2n) is 6.40. The van der Waals surface area contributed by atoms with Crippen molar-refractivity contribution in [1.29, 1.82) is 0 Å². The van der Waals surface area contributed by atoms with Crippen molar-refractivity contribution in [3.63, 3.8) is 0 Å². The van der Waals surface area contributed by atoms with Gasteiger partial charge in [0.1, 0.15) is 5.75 Å². The zero-order valence-electron chi connectivity index (χ0n) is 15.9. The maximum Gasteiger partial charge on any atom is 0.239 e. The quantitative estimate of drug-likeness (QED) is 0.363. The Morgan fingerprint density at radius 3 is 2.48 bits per heavy atom. The number of nitrogens with zero attached hydrogens (tertiary/aromatic N) is 2. The summed E-state index contributed by atoms with van der Waals surface area (Å²) in [6, 6.07) is 25.8. The van der Waals surface area contributed by atoms with Crippen LogP contribution in [0.25, 0.3) is 10.2 Å². The van der Waals surface area contributed by atoms with Gasteiger partial charge in [0.2, 0.25) is 5.91 Å². The molecule has 0 aliphatic rings. The van der Waals surface area contributed by atoms with E-state index < -0.39 is 0 Å². The Balaban J connectivity index is 1.61. The highest BCUT2D eigenvalue weighted by molar-refractivity contribution is 8.00. The Labute approximate surface area is 178 Å². The fourth-order valence-electron chi connectivity index (χ4n) is 2.91. The fraction of sp³-hybridized carbons (Fsp3) is 0.130. The van der Waals surface area contributed by atoms with Crippen molar-refractivity contribution in [2.24, 2.45) is 0 Å². The number of benzene rings is 3. The summed E-state index contributed by atoms with van der Waals surface area (Å²) in [6.45, 7) is 0.492. The highest BCUT2D eigenvalue weighted by Gasteiger charge is 2.20. The maximum atomic E-state index is 13.2. The Bertz CT molecular complexity index is 1100. The number of hydrogen-bond acceptors (Lipinski definition) is 5. The number of hydrogen-bond donors (Lipinski definition) is 0. The van der Waals surface area contributed by atoms with Gasteiger partial charge in [0, 0.05) is 11.0 Å². The first-order chi connectivity index (χ1) is 14.2. The number of ether oxygens (including phenoxy) is 1. The van der Waals surface area contributed by atoms with Crippen LogP contribution in [-0.2, 0) is 11.3 Å². The Hall–Kier alpha value is -2.83. The second-order valence-corrected chi connectivity index (χ2v) is 8.46. The van der Waals surface area contributed by atoms with Crippen LogP contribution in [0, 0.1) is 0 Å². The molecule has 1 heterocycles. The lowest BCUT2D eigenvalue weighted by atomic mass is 10.2. The average Bonchev–Trinajstić information content (AvgIpc) is 3.20. The zero-order chi connectivity index (χ0) is 20.1. The molecule has 6 heteroatoms. The number of methoxy groups -OCH3 is 1. The summed E-state index contributed by atoms with van der Waals surface area (Å²) < 4.78 is 6.33. The Kier molecular flexibility index (Phi) is 6.12. The van der Waals surface area contributed by atoms with Crippen LogP contribution in [0.1, 0.15) is 5.56 Å². The third-order valence-electron chi connectivity index (χ3n) is 4.40. The summed E-state index contributed by atoms with van der Waals surface area (Å²) in [7, 11) is 1.64. The van der Waals surface area contributed by atoms with Gasteiger partial charge in [-0.1, -0.05) is 59.9 Å². The molecule has 0 saturated carbocycles. The molecule has 0 N–H and O–H groups in total. The van der Waals surface area contributed by atoms with E-state index in [0.717, 1.165) is 26.4 Å². The van der Waals surface area contributed by atoms with E-state index in [9.17, 15) is 4.79 Å². The first kappa shape index (κ1) is 19.5. The van der Waals surface area contributed by atoms with Crippen LogP contribution in [0.4, 0.5) is 5.13 Å². The van der Waals surface area contributed by atoms with Gasteiger partial charge < -0.3 is 4.74 Å². The van der Waals surface area contributed by atoms with Crippen molar-refractivity contribution in [2.45, 2.75) is 11.4 Å². The molecule has 1 amide bonds. The molecular formula is C23H20N2O2S2. The number of fused-ring (bicyclic) bond motifs is 1. The number of aromatic nitrogens is 1. The molecule has 0 spiro atoms. The molecule has 0 aliphatic heterocycles. The standard InChI is InChI=1S/C23H20N2O2S2/c1-27-18-12-13-21-20(14-18)24-23(29-21)25(15-17-8-4-2-5-9-17)22(26)16-28-19-10-6-3-7-11-19/h2-14H,15-16H2,1H3. The minimum absolute atomic E-state index is 0.0359. The molecule has 3 aromatic carbocycles. The lowest BCUT2D eigenvalue weighted by Gasteiger charge is -2.20. The monoisotopic (exact) mass is 420 g/mol. The maximum absolute atomic E-state index is 13.2. The molecule has 0 saturated heterocycles. The summed E-state index contributed by atoms with van der Waals surface area (Å²) >= 11 is 3.06. The summed E-state index contributed by atoms with van der Waals surface area (Å²) in [6.07, 6.45) is 0. The van der Waals surface area contributed by atoms with E-state index >= 15 is 0 Å². The van der Waals surface area contributed by atoms with Gasteiger partial charge in [-0.05, 0) is 29.8 Å². The Morgan fingerprint density at radius 2 is 1.76 bits per heavy atom. The molecule has 4 aromatic rings. The SMILES string of the molecule is COc1ccc2sc(N(Cc3ccccc3)C(=O)CSc3ccccc3)nc2c1. The average molecular weight is 421 g/mol. The summed E-state index contributed by atoms with van der Waals surface area (Å²) in [5.74, 6) is 1.15. The number of carbonyl (C=O) groups is 1. The van der Waals surface area contributed by atoms with Crippen LogP contribution >= 0.6 is 23.1 Å². The smallest absolute Gasteiger partial charge is 0.239 e. The number of thioether (sulfide) groups is 1. The van der Waals surface area contributed by atoms with Crippen molar-refractivity contribution < 1.29 is 9.53 Å². The van der Waals surface area contributed by atoms with Crippen molar-refractivity contribution in [3.8, 4) is 5.75 Å². The molecular weight excluding hydrogens is 400 g/mol. The molecule has 0 fully saturated rings. The molecule has 146 valence electrons. The largest absolute Gasteiger partial charge is 0.497 e. The third kappa shape index (κ3) is 4.78. The van der Waals surface area contributed by atoms with E-state index in [0.29, 0.717) is 17.4 Å². The fourth-order valence-corrected chi connectivity index (χ4v) is 4.66. The molecule has 0 atom stereocenters. The van der Waals surface area contributed by atoms with E-state index in [1.165, 1.54) is 11.3 Å². The molecule has 0 unspecified atom stereocenters. The molecule has 4 nitrogen and oxygen atoms in total. The van der Waals surface area contributed by atoms with Gasteiger partial charge in [0.25, 0.3) is 0 Å². The molecule has 0 aliphatic carbocycles. The van der Waals surface area contributed by atoms with Gasteiger partial charge in [-0.15, -0.1) is 11.8 Å². The van der Waals surface area contributed by atoms with Crippen molar-refractivity contribution in [2.75, 3.05) is 17.8 Å². The second kappa shape index (κ2) is 9.11. The van der Waals surface area contributed by atoms with Gasteiger partial charge in [0.05, 0.1) is 29.6 Å². The number of anilines is 1. The predicted molar refractivity (Wildman–Crippen MR) is 121 cm³/mol. The number of carbonyl (C=O) groups excluding carboxylic acids is 1. The van der Waals surface area contributed by atoms with Crippen LogP contribution in [0.15, 0.2) is 83.8 Å². The van der Waals surface area contributed by atoms with Gasteiger partial charge in [-0.2, -0.15) is 0 Å². The molecule has 1 aromatic heterocycles. The number of thiazole rings is 1. The summed E-state index contributed by atoms with van der Waals surface area (Å²) in [4.78, 5) is 20.8. The Morgan fingerprint density at radius 1 is 1.03 bits per heavy atom. The number of rotatable bonds is 7. The van der Waals surface area contributed by atoms with Crippen LogP contribution in [0.5, 0.6) is 5.75 Å². The number of amides is 1. The molecule has 0 bridgehead atoms. The normalized spacial score (nSPS) is 10.8. The van der Waals surface area contributed by atoms with Crippen LogP contribution in [0.2, 0.25) is 0 Å². The van der Waals surface area contributed by atoms with E-state index in [-0.39, 0.29) is 5.91 Å². The third-order valence-corrected chi connectivity index (χ3v) is 6.46. The van der Waals surface area contributed by atoms with E-state index in [2.05, 4.69) is 0 Å². The zero-order valence-corrected chi connectivity index (χ0v) is 17.6. The van der Waals surface area contributed by atoms with Crippen molar-refractivity contribution in [1.82, 2.24) is 4.98 Å². The van der Waals surface area contributed by atoms with Crippen LogP contribution in [0.3, 0.4) is 0 Å². The van der Waals surface area contributed by atoms with Crippen LogP contribution in [-0.4, -0.2) is 23.8 Å². The lowest BCUT2D eigenvalue weighted by Crippen LogP contribution is -2.31. The molecule has 0 radical (unpaired) electrons. The highest BCUT2D eigenvalue weighted by Crippen LogP contribution is 2.32. The van der Waals surface area contributed by atoms with E-state index in [1.54, 1.807) is 23.8 Å². The predicted octanol–water partition coefficient (Wildman–Crippen LogP) is 5.63. The first-order valence-electron chi connectivity index (χ1n) is 9.19. The van der Waals surface area contributed by atoms with Crippen LogP contribution < -0.4 is 9.64 Å². The van der Waals surface area contributed by atoms with Crippen molar-refractivity contribution >= 4 is 44.4 Å². The minimum Gasteiger partial charge on any atom is -0.497 e. The highest BCUT2D eigenvalue weighted by atomic mass is 32.2. The lowest BCUT2D eigenvalue weighted by molar-refractivity contribution is -0.116. The van der Waals surface area contributed by atoms with Gasteiger partial charge in [-0.25, -0.2) is 4.98 Å². The van der Waals surface area contributed by atoms with E-state index in [4.69, 9.17) is 9.72 Å². The van der Waals surface area contributed by atoms with Crippen molar-refractivity contribution in [3.05, 3.63) is 84.4 Å². The van der Waals surface area contributed by atoms with Gasteiger partial charge in [-0.3, -0.25) is 9.69 Å². The summed E-state index contributed by atoms with van der Waals surface area (Å²) in [5, 5.41) is 0.704. The van der Waals surface area contributed by atoms with Gasteiger partial charge in [0.15, 0.2) is 5.13 Å². The summed E-state index contributed by atoms with van der Waals surface area (Å²) in [5.41, 5.74) is 1.91. The minimum atomic E-state index is 0.0359. The molecule has 29 heavy (non-hydrogen) atoms. The topological polar surface area (TPSA) is 42.4 Å².